The fourth-order valence-corrected chi connectivity index (χ4v) is 3.23. The Morgan fingerprint density at radius 1 is 1.17 bits per heavy atom. The van der Waals surface area contributed by atoms with Crippen molar-refractivity contribution in [3.8, 4) is 5.75 Å². The standard InChI is InChI=1S/C18H19N3O2/c22-18(13-9-12-5-1-4-8-16(12)23-11-13)21-17-10-19-14-6-2-3-7-15(14)20-17/h1,4-5,8,10,13H,2-3,6-7,9,11H2,(H,20,21,22). The molecule has 1 atom stereocenters. The van der Waals surface area contributed by atoms with Crippen LogP contribution in [0.2, 0.25) is 0 Å². The Morgan fingerprint density at radius 2 is 2.00 bits per heavy atom. The molecule has 118 valence electrons. The number of nitrogens with one attached hydrogen (secondary N) is 1. The van der Waals surface area contributed by atoms with Gasteiger partial charge in [0.05, 0.1) is 23.5 Å². The summed E-state index contributed by atoms with van der Waals surface area (Å²) in [6, 6.07) is 7.87. The number of aromatic nitrogens is 2. The molecule has 0 saturated carbocycles. The highest BCUT2D eigenvalue weighted by atomic mass is 16.5. The molecule has 0 bridgehead atoms. The van der Waals surface area contributed by atoms with Gasteiger partial charge in [-0.1, -0.05) is 18.2 Å². The summed E-state index contributed by atoms with van der Waals surface area (Å²) in [5.41, 5.74) is 3.18. The first-order valence-electron chi connectivity index (χ1n) is 8.16. The van der Waals surface area contributed by atoms with Crippen molar-refractivity contribution < 1.29 is 9.53 Å². The van der Waals surface area contributed by atoms with E-state index in [-0.39, 0.29) is 11.8 Å². The number of carbonyl (C=O) groups is 1. The highest BCUT2D eigenvalue weighted by molar-refractivity contribution is 5.92. The lowest BCUT2D eigenvalue weighted by molar-refractivity contribution is -0.121. The summed E-state index contributed by atoms with van der Waals surface area (Å²) in [5, 5.41) is 2.90. The van der Waals surface area contributed by atoms with Gasteiger partial charge in [0.15, 0.2) is 5.82 Å². The monoisotopic (exact) mass is 309 g/mol. The Labute approximate surface area is 135 Å². The van der Waals surface area contributed by atoms with Crippen LogP contribution in [0.4, 0.5) is 5.82 Å². The quantitative estimate of drug-likeness (QED) is 0.926. The molecule has 0 saturated heterocycles. The Bertz CT molecular complexity index is 745. The van der Waals surface area contributed by atoms with Crippen LogP contribution in [0.3, 0.4) is 0 Å². The van der Waals surface area contributed by atoms with Gasteiger partial charge in [0.25, 0.3) is 0 Å². The highest BCUT2D eigenvalue weighted by Gasteiger charge is 2.26. The number of benzene rings is 1. The maximum atomic E-state index is 12.5. The number of para-hydroxylation sites is 1. The first kappa shape index (κ1) is 14.2. The molecule has 2 heterocycles. The maximum absolute atomic E-state index is 12.5. The van der Waals surface area contributed by atoms with Gasteiger partial charge in [0.2, 0.25) is 5.91 Å². The predicted octanol–water partition coefficient (Wildman–Crippen LogP) is 2.55. The number of aryl methyl sites for hydroxylation is 2. The summed E-state index contributed by atoms with van der Waals surface area (Å²) < 4.78 is 5.69. The fraction of sp³-hybridized carbons (Fsp3) is 0.389. The molecule has 1 aromatic carbocycles. The molecular weight excluding hydrogens is 290 g/mol. The third-order valence-corrected chi connectivity index (χ3v) is 4.51. The van der Waals surface area contributed by atoms with Crippen molar-refractivity contribution in [3.63, 3.8) is 0 Å². The first-order valence-corrected chi connectivity index (χ1v) is 8.16. The third-order valence-electron chi connectivity index (χ3n) is 4.51. The van der Waals surface area contributed by atoms with Crippen LogP contribution >= 0.6 is 0 Å². The van der Waals surface area contributed by atoms with Crippen LogP contribution in [0.25, 0.3) is 0 Å². The molecule has 0 spiro atoms. The Balaban J connectivity index is 1.46. The average Bonchev–Trinajstić information content (AvgIpc) is 2.61. The van der Waals surface area contributed by atoms with Crippen LogP contribution in [0, 0.1) is 5.92 Å². The number of fused-ring (bicyclic) bond motifs is 2. The smallest absolute Gasteiger partial charge is 0.232 e. The van der Waals surface area contributed by atoms with E-state index in [1.807, 2.05) is 24.3 Å². The van der Waals surface area contributed by atoms with Crippen molar-refractivity contribution in [1.82, 2.24) is 9.97 Å². The summed E-state index contributed by atoms with van der Waals surface area (Å²) in [6.45, 7) is 0.404. The molecule has 1 amide bonds. The summed E-state index contributed by atoms with van der Waals surface area (Å²) in [5.74, 6) is 1.19. The first-order chi connectivity index (χ1) is 11.3. The van der Waals surface area contributed by atoms with Crippen LogP contribution in [0.1, 0.15) is 29.8 Å². The summed E-state index contributed by atoms with van der Waals surface area (Å²) in [7, 11) is 0. The molecule has 1 aromatic heterocycles. The zero-order valence-corrected chi connectivity index (χ0v) is 12.9. The lowest BCUT2D eigenvalue weighted by Gasteiger charge is -2.24. The second-order valence-electron chi connectivity index (χ2n) is 6.16. The number of anilines is 1. The van der Waals surface area contributed by atoms with Gasteiger partial charge in [-0.3, -0.25) is 9.78 Å². The second kappa shape index (κ2) is 5.99. The molecule has 1 aliphatic carbocycles. The molecule has 2 aromatic rings. The number of hydrogen-bond donors (Lipinski definition) is 1. The zero-order valence-electron chi connectivity index (χ0n) is 12.9. The number of ether oxygens (including phenoxy) is 1. The number of carbonyl (C=O) groups excluding carboxylic acids is 1. The van der Waals surface area contributed by atoms with E-state index in [4.69, 9.17) is 4.74 Å². The van der Waals surface area contributed by atoms with Crippen LogP contribution < -0.4 is 10.1 Å². The fourth-order valence-electron chi connectivity index (χ4n) is 3.23. The van der Waals surface area contributed by atoms with Gasteiger partial charge >= 0.3 is 0 Å². The van der Waals surface area contributed by atoms with Gasteiger partial charge in [0.1, 0.15) is 12.4 Å². The SMILES string of the molecule is O=C(Nc1cnc2c(n1)CCCC2)C1COc2ccccc2C1. The van der Waals surface area contributed by atoms with Gasteiger partial charge in [-0.2, -0.15) is 0 Å². The van der Waals surface area contributed by atoms with E-state index >= 15 is 0 Å². The third kappa shape index (κ3) is 2.91. The van der Waals surface area contributed by atoms with E-state index < -0.39 is 0 Å². The molecule has 1 aliphatic heterocycles. The molecule has 4 rings (SSSR count). The minimum absolute atomic E-state index is 0.0513. The van der Waals surface area contributed by atoms with E-state index in [1.165, 1.54) is 6.42 Å². The largest absolute Gasteiger partial charge is 0.492 e. The van der Waals surface area contributed by atoms with E-state index in [0.717, 1.165) is 42.0 Å². The molecule has 5 nitrogen and oxygen atoms in total. The Kier molecular flexibility index (Phi) is 3.69. The van der Waals surface area contributed by atoms with Crippen molar-refractivity contribution in [3.05, 3.63) is 47.4 Å². The van der Waals surface area contributed by atoms with E-state index in [2.05, 4.69) is 15.3 Å². The molecule has 23 heavy (non-hydrogen) atoms. The van der Waals surface area contributed by atoms with Crippen molar-refractivity contribution in [2.24, 2.45) is 5.92 Å². The average molecular weight is 309 g/mol. The molecular formula is C18H19N3O2. The molecule has 0 fully saturated rings. The molecule has 1 unspecified atom stereocenters. The zero-order chi connectivity index (χ0) is 15.6. The molecule has 5 heteroatoms. The van der Waals surface area contributed by atoms with Gasteiger partial charge in [-0.25, -0.2) is 4.98 Å². The lowest BCUT2D eigenvalue weighted by atomic mass is 9.96. The van der Waals surface area contributed by atoms with E-state index in [0.29, 0.717) is 18.8 Å². The van der Waals surface area contributed by atoms with Gasteiger partial charge in [0, 0.05) is 0 Å². The number of amides is 1. The molecule has 2 aliphatic rings. The van der Waals surface area contributed by atoms with E-state index in [1.54, 1.807) is 6.20 Å². The Hall–Kier alpha value is -2.43. The second-order valence-corrected chi connectivity index (χ2v) is 6.16. The minimum atomic E-state index is -0.192. The van der Waals surface area contributed by atoms with Crippen molar-refractivity contribution in [2.75, 3.05) is 11.9 Å². The summed E-state index contributed by atoms with van der Waals surface area (Å²) in [4.78, 5) is 21.5. The molecule has 0 radical (unpaired) electrons. The maximum Gasteiger partial charge on any atom is 0.232 e. The van der Waals surface area contributed by atoms with E-state index in [9.17, 15) is 4.79 Å². The number of rotatable bonds is 2. The lowest BCUT2D eigenvalue weighted by Crippen LogP contribution is -2.33. The van der Waals surface area contributed by atoms with Gasteiger partial charge < -0.3 is 10.1 Å². The predicted molar refractivity (Wildman–Crippen MR) is 86.4 cm³/mol. The Morgan fingerprint density at radius 3 is 2.91 bits per heavy atom. The summed E-state index contributed by atoms with van der Waals surface area (Å²) in [6.07, 6.45) is 6.62. The van der Waals surface area contributed by atoms with Crippen LogP contribution in [0.15, 0.2) is 30.5 Å². The molecule has 1 N–H and O–H groups in total. The normalized spacial score (nSPS) is 19.2. The van der Waals surface area contributed by atoms with Crippen molar-refractivity contribution >= 4 is 11.7 Å². The van der Waals surface area contributed by atoms with Crippen LogP contribution in [0.5, 0.6) is 5.75 Å². The number of hydrogen-bond acceptors (Lipinski definition) is 4. The highest BCUT2D eigenvalue weighted by Crippen LogP contribution is 2.27. The van der Waals surface area contributed by atoms with Crippen molar-refractivity contribution in [1.29, 1.82) is 0 Å². The number of nitrogens with zero attached hydrogens (tertiary/aromatic N) is 2. The van der Waals surface area contributed by atoms with Gasteiger partial charge in [-0.15, -0.1) is 0 Å². The van der Waals surface area contributed by atoms with Crippen LogP contribution in [-0.4, -0.2) is 22.5 Å². The topological polar surface area (TPSA) is 64.1 Å². The summed E-state index contributed by atoms with van der Waals surface area (Å²) >= 11 is 0. The van der Waals surface area contributed by atoms with Gasteiger partial charge in [-0.05, 0) is 43.7 Å². The minimum Gasteiger partial charge on any atom is -0.492 e. The van der Waals surface area contributed by atoms with Crippen LogP contribution in [-0.2, 0) is 24.1 Å². The van der Waals surface area contributed by atoms with Crippen molar-refractivity contribution in [2.45, 2.75) is 32.1 Å².